The van der Waals surface area contributed by atoms with Gasteiger partial charge in [-0.1, -0.05) is 18.2 Å². The molecule has 3 rings (SSSR count). The van der Waals surface area contributed by atoms with Crippen molar-refractivity contribution in [2.45, 2.75) is 13.0 Å². The van der Waals surface area contributed by atoms with E-state index in [4.69, 9.17) is 0 Å². The second kappa shape index (κ2) is 6.22. The van der Waals surface area contributed by atoms with E-state index in [9.17, 15) is 9.59 Å². The summed E-state index contributed by atoms with van der Waals surface area (Å²) in [5, 5.41) is 3.86. The van der Waals surface area contributed by atoms with Crippen molar-refractivity contribution >= 4 is 28.8 Å². The number of amides is 1. The minimum absolute atomic E-state index is 0.108. The predicted molar refractivity (Wildman–Crippen MR) is 84.8 cm³/mol. The lowest BCUT2D eigenvalue weighted by atomic mass is 10.2. The van der Waals surface area contributed by atoms with Crippen molar-refractivity contribution in [3.63, 3.8) is 0 Å². The lowest BCUT2D eigenvalue weighted by molar-refractivity contribution is -0.116. The van der Waals surface area contributed by atoms with Gasteiger partial charge in [0, 0.05) is 30.7 Å². The van der Waals surface area contributed by atoms with Crippen LogP contribution in [0.4, 0.5) is 5.69 Å². The molecule has 110 valence electrons. The minimum atomic E-state index is -0.108. The molecule has 2 heterocycles. The van der Waals surface area contributed by atoms with Gasteiger partial charge >= 0.3 is 0 Å². The molecule has 0 saturated heterocycles. The fraction of sp³-hybridized carbons (Fsp3) is 0.118. The van der Waals surface area contributed by atoms with Crippen LogP contribution in [-0.2, 0) is 11.3 Å². The maximum atomic E-state index is 12.1. The average Bonchev–Trinajstić information content (AvgIpc) is 3.01. The standard InChI is InChI=1S/C17H15N3O2/c21-12-14-6-3-10-20(14)11-8-16(22)19-15-7-1-4-13-5-2-9-18-17(13)15/h1-7,9-10,12H,8,11H2,(H,19,22). The number of anilines is 1. The van der Waals surface area contributed by atoms with E-state index >= 15 is 0 Å². The third-order valence-electron chi connectivity index (χ3n) is 3.47. The van der Waals surface area contributed by atoms with Gasteiger partial charge in [-0.05, 0) is 24.3 Å². The van der Waals surface area contributed by atoms with Gasteiger partial charge in [0.2, 0.25) is 5.91 Å². The second-order valence-corrected chi connectivity index (χ2v) is 4.92. The molecule has 2 aromatic heterocycles. The SMILES string of the molecule is O=Cc1cccn1CCC(=O)Nc1cccc2cccnc12. The molecular weight excluding hydrogens is 278 g/mol. The first kappa shape index (κ1) is 14.0. The number of nitrogens with one attached hydrogen (secondary N) is 1. The molecule has 5 heteroatoms. The van der Waals surface area contributed by atoms with E-state index in [0.29, 0.717) is 24.3 Å². The summed E-state index contributed by atoms with van der Waals surface area (Å²) in [6, 6.07) is 13.0. The van der Waals surface area contributed by atoms with Gasteiger partial charge in [0.25, 0.3) is 0 Å². The van der Waals surface area contributed by atoms with Crippen LogP contribution in [0.15, 0.2) is 54.9 Å². The van der Waals surface area contributed by atoms with Crippen molar-refractivity contribution in [2.24, 2.45) is 0 Å². The smallest absolute Gasteiger partial charge is 0.226 e. The number of rotatable bonds is 5. The Balaban J connectivity index is 1.70. The van der Waals surface area contributed by atoms with Crippen LogP contribution in [0.25, 0.3) is 10.9 Å². The molecular formula is C17H15N3O2. The number of nitrogens with zero attached hydrogens (tertiary/aromatic N) is 2. The van der Waals surface area contributed by atoms with E-state index < -0.39 is 0 Å². The highest BCUT2D eigenvalue weighted by molar-refractivity contribution is 6.00. The zero-order chi connectivity index (χ0) is 15.4. The quantitative estimate of drug-likeness (QED) is 0.736. The summed E-state index contributed by atoms with van der Waals surface area (Å²) < 4.78 is 1.76. The summed E-state index contributed by atoms with van der Waals surface area (Å²) in [5.41, 5.74) is 2.04. The number of carbonyl (C=O) groups excluding carboxylic acids is 2. The van der Waals surface area contributed by atoms with Crippen molar-refractivity contribution in [2.75, 3.05) is 5.32 Å². The summed E-state index contributed by atoms with van der Waals surface area (Å²) in [4.78, 5) is 27.3. The fourth-order valence-electron chi connectivity index (χ4n) is 2.38. The van der Waals surface area contributed by atoms with Crippen LogP contribution in [-0.4, -0.2) is 21.7 Å². The highest BCUT2D eigenvalue weighted by Crippen LogP contribution is 2.20. The molecule has 22 heavy (non-hydrogen) atoms. The third kappa shape index (κ3) is 2.88. The van der Waals surface area contributed by atoms with Crippen LogP contribution < -0.4 is 5.32 Å². The fourth-order valence-corrected chi connectivity index (χ4v) is 2.38. The largest absolute Gasteiger partial charge is 0.345 e. The molecule has 3 aromatic rings. The Kier molecular flexibility index (Phi) is 3.96. The highest BCUT2D eigenvalue weighted by atomic mass is 16.1. The molecule has 5 nitrogen and oxygen atoms in total. The molecule has 0 bridgehead atoms. The van der Waals surface area contributed by atoms with E-state index in [1.807, 2.05) is 30.3 Å². The Labute approximate surface area is 127 Å². The number of fused-ring (bicyclic) bond motifs is 1. The van der Waals surface area contributed by atoms with Crippen LogP contribution in [0.3, 0.4) is 0 Å². The maximum Gasteiger partial charge on any atom is 0.226 e. The number of hydrogen-bond acceptors (Lipinski definition) is 3. The topological polar surface area (TPSA) is 64.0 Å². The molecule has 0 aliphatic carbocycles. The first-order valence-electron chi connectivity index (χ1n) is 7.02. The van der Waals surface area contributed by atoms with Crippen LogP contribution in [0.1, 0.15) is 16.9 Å². The summed E-state index contributed by atoms with van der Waals surface area (Å²) >= 11 is 0. The number of benzene rings is 1. The number of hydrogen-bond donors (Lipinski definition) is 1. The number of aldehydes is 1. The molecule has 0 fully saturated rings. The monoisotopic (exact) mass is 293 g/mol. The second-order valence-electron chi connectivity index (χ2n) is 4.92. The molecule has 0 aliphatic rings. The van der Waals surface area contributed by atoms with Crippen molar-refractivity contribution in [1.82, 2.24) is 9.55 Å². The van der Waals surface area contributed by atoms with E-state index in [1.165, 1.54) is 0 Å². The molecule has 0 unspecified atom stereocenters. The third-order valence-corrected chi connectivity index (χ3v) is 3.47. The summed E-state index contributed by atoms with van der Waals surface area (Å²) in [6.45, 7) is 0.463. The minimum Gasteiger partial charge on any atom is -0.345 e. The number of aromatic nitrogens is 2. The van der Waals surface area contributed by atoms with E-state index in [2.05, 4.69) is 10.3 Å². The van der Waals surface area contributed by atoms with E-state index in [1.54, 1.807) is 29.1 Å². The van der Waals surface area contributed by atoms with E-state index in [-0.39, 0.29) is 5.91 Å². The Bertz CT molecular complexity index is 818. The predicted octanol–water partition coefficient (Wildman–Crippen LogP) is 2.88. The van der Waals surface area contributed by atoms with Gasteiger partial charge in [0.1, 0.15) is 0 Å². The van der Waals surface area contributed by atoms with Gasteiger partial charge in [-0.3, -0.25) is 14.6 Å². The van der Waals surface area contributed by atoms with Gasteiger partial charge in [-0.2, -0.15) is 0 Å². The normalized spacial score (nSPS) is 10.5. The van der Waals surface area contributed by atoms with Crippen molar-refractivity contribution in [1.29, 1.82) is 0 Å². The van der Waals surface area contributed by atoms with Gasteiger partial charge < -0.3 is 9.88 Å². The number of pyridine rings is 1. The molecule has 0 atom stereocenters. The molecule has 0 radical (unpaired) electrons. The zero-order valence-electron chi connectivity index (χ0n) is 11.9. The van der Waals surface area contributed by atoms with Gasteiger partial charge in [0.15, 0.2) is 6.29 Å². The molecule has 0 saturated carbocycles. The molecule has 1 amide bonds. The molecule has 0 spiro atoms. The van der Waals surface area contributed by atoms with Gasteiger partial charge in [-0.25, -0.2) is 0 Å². The average molecular weight is 293 g/mol. The van der Waals surface area contributed by atoms with Gasteiger partial charge in [-0.15, -0.1) is 0 Å². The van der Waals surface area contributed by atoms with Crippen LogP contribution in [0.5, 0.6) is 0 Å². The number of carbonyl (C=O) groups is 2. The first-order valence-corrected chi connectivity index (χ1v) is 7.02. The number of para-hydroxylation sites is 1. The van der Waals surface area contributed by atoms with Crippen LogP contribution in [0.2, 0.25) is 0 Å². The maximum absolute atomic E-state index is 12.1. The first-order chi connectivity index (χ1) is 10.8. The lowest BCUT2D eigenvalue weighted by Crippen LogP contribution is -2.15. The summed E-state index contributed by atoms with van der Waals surface area (Å²) in [5.74, 6) is -0.108. The van der Waals surface area contributed by atoms with Gasteiger partial charge in [0.05, 0.1) is 16.9 Å². The molecule has 1 aromatic carbocycles. The van der Waals surface area contributed by atoms with Crippen molar-refractivity contribution in [3.8, 4) is 0 Å². The Morgan fingerprint density at radius 1 is 1.18 bits per heavy atom. The molecule has 1 N–H and O–H groups in total. The van der Waals surface area contributed by atoms with E-state index in [0.717, 1.165) is 17.2 Å². The number of aryl methyl sites for hydroxylation is 1. The Morgan fingerprint density at radius 3 is 2.91 bits per heavy atom. The molecule has 0 aliphatic heterocycles. The highest BCUT2D eigenvalue weighted by Gasteiger charge is 2.07. The summed E-state index contributed by atoms with van der Waals surface area (Å²) in [7, 11) is 0. The van der Waals surface area contributed by atoms with Crippen molar-refractivity contribution in [3.05, 3.63) is 60.6 Å². The van der Waals surface area contributed by atoms with Crippen LogP contribution in [0, 0.1) is 0 Å². The Morgan fingerprint density at radius 2 is 2.05 bits per heavy atom. The Hall–Kier alpha value is -2.95. The summed E-state index contributed by atoms with van der Waals surface area (Å²) in [6.07, 6.45) is 4.57. The van der Waals surface area contributed by atoms with Crippen LogP contribution >= 0.6 is 0 Å². The lowest BCUT2D eigenvalue weighted by Gasteiger charge is -2.09. The zero-order valence-corrected chi connectivity index (χ0v) is 11.9. The van der Waals surface area contributed by atoms with Crippen molar-refractivity contribution < 1.29 is 9.59 Å².